The molecule has 1 aromatic rings. The largest absolute Gasteiger partial charge is 0.507 e. The van der Waals surface area contributed by atoms with Gasteiger partial charge in [0, 0.05) is 0 Å². The first-order valence-corrected chi connectivity index (χ1v) is 9.82. The van der Waals surface area contributed by atoms with Crippen LogP contribution < -0.4 is 0 Å². The van der Waals surface area contributed by atoms with Gasteiger partial charge in [-0.3, -0.25) is 0 Å². The average Bonchev–Trinajstić information content (AvgIpc) is 2.68. The van der Waals surface area contributed by atoms with Gasteiger partial charge < -0.3 is 35.0 Å². The standard InChI is InChI=1S/C21H32O7/c1-10-11(2)16(23)12(3)13-5-6-21(4,7-14(10)13)9-27-20-19(26)18(25)17(24)15(8-22)28-20/h15,17-20,22-26H,5-9H2,1-4H3/t15-,17-,18+,19-,20+,21?/m1/s1. The van der Waals surface area contributed by atoms with Crippen molar-refractivity contribution in [1.29, 1.82) is 0 Å². The number of benzene rings is 1. The van der Waals surface area contributed by atoms with E-state index in [1.807, 2.05) is 20.8 Å². The number of phenolic OH excluding ortho intramolecular Hbond substituents is 1. The van der Waals surface area contributed by atoms with E-state index >= 15 is 0 Å². The minimum atomic E-state index is -1.44. The summed E-state index contributed by atoms with van der Waals surface area (Å²) in [5.41, 5.74) is 5.17. The van der Waals surface area contributed by atoms with Crippen LogP contribution in [0.2, 0.25) is 0 Å². The molecular weight excluding hydrogens is 364 g/mol. The Labute approximate surface area is 165 Å². The van der Waals surface area contributed by atoms with Crippen LogP contribution in [0, 0.1) is 26.2 Å². The number of fused-ring (bicyclic) bond motifs is 1. The lowest BCUT2D eigenvalue weighted by Crippen LogP contribution is -2.59. The fourth-order valence-corrected chi connectivity index (χ4v) is 4.41. The minimum Gasteiger partial charge on any atom is -0.507 e. The molecule has 0 amide bonds. The van der Waals surface area contributed by atoms with Crippen LogP contribution >= 0.6 is 0 Å². The maximum atomic E-state index is 10.3. The van der Waals surface area contributed by atoms with E-state index in [-0.39, 0.29) is 5.41 Å². The summed E-state index contributed by atoms with van der Waals surface area (Å²) in [6, 6.07) is 0. The molecule has 7 heteroatoms. The Hall–Kier alpha value is -1.22. The molecule has 0 spiro atoms. The molecule has 6 atom stereocenters. The molecule has 1 unspecified atom stereocenters. The SMILES string of the molecule is Cc1c(C)c2c(c(C)c1O)CCC(C)(CO[C@H]1O[C@H](CO)[C@@H](O)[C@H](O)[C@H]1O)C2. The Kier molecular flexibility index (Phi) is 6.06. The highest BCUT2D eigenvalue weighted by Crippen LogP contribution is 2.42. The fourth-order valence-electron chi connectivity index (χ4n) is 4.41. The number of aliphatic hydroxyl groups excluding tert-OH is 4. The molecule has 1 saturated heterocycles. The first kappa shape index (κ1) is 21.5. The highest BCUT2D eigenvalue weighted by molar-refractivity contribution is 5.54. The zero-order valence-electron chi connectivity index (χ0n) is 17.0. The summed E-state index contributed by atoms with van der Waals surface area (Å²) < 4.78 is 11.3. The van der Waals surface area contributed by atoms with Crippen molar-refractivity contribution in [2.45, 2.75) is 77.7 Å². The summed E-state index contributed by atoms with van der Waals surface area (Å²) in [5, 5.41) is 49.6. The Morgan fingerprint density at radius 1 is 1.00 bits per heavy atom. The van der Waals surface area contributed by atoms with Crippen molar-refractivity contribution in [3.8, 4) is 5.75 Å². The van der Waals surface area contributed by atoms with Gasteiger partial charge in [0.1, 0.15) is 30.2 Å². The van der Waals surface area contributed by atoms with Crippen molar-refractivity contribution >= 4 is 0 Å². The molecule has 1 fully saturated rings. The minimum absolute atomic E-state index is 0.202. The maximum Gasteiger partial charge on any atom is 0.186 e. The lowest BCUT2D eigenvalue weighted by atomic mass is 9.70. The van der Waals surface area contributed by atoms with Crippen LogP contribution in [0.1, 0.15) is 41.2 Å². The van der Waals surface area contributed by atoms with Crippen molar-refractivity contribution in [1.82, 2.24) is 0 Å². The van der Waals surface area contributed by atoms with E-state index in [0.29, 0.717) is 12.4 Å². The zero-order chi connectivity index (χ0) is 20.8. The van der Waals surface area contributed by atoms with Crippen LogP contribution in [0.3, 0.4) is 0 Å². The number of aromatic hydroxyl groups is 1. The van der Waals surface area contributed by atoms with Crippen LogP contribution in [-0.4, -0.2) is 69.5 Å². The highest BCUT2D eigenvalue weighted by Gasteiger charge is 2.45. The lowest BCUT2D eigenvalue weighted by Gasteiger charge is -2.42. The molecule has 0 bridgehead atoms. The molecule has 1 heterocycles. The van der Waals surface area contributed by atoms with E-state index < -0.39 is 37.3 Å². The van der Waals surface area contributed by atoms with Crippen LogP contribution in [0.4, 0.5) is 0 Å². The third-order valence-corrected chi connectivity index (χ3v) is 6.57. The van der Waals surface area contributed by atoms with Crippen LogP contribution in [-0.2, 0) is 22.3 Å². The van der Waals surface area contributed by atoms with Crippen LogP contribution in [0.5, 0.6) is 5.75 Å². The van der Waals surface area contributed by atoms with E-state index in [2.05, 4.69) is 6.92 Å². The first-order chi connectivity index (χ1) is 13.1. The monoisotopic (exact) mass is 396 g/mol. The lowest BCUT2D eigenvalue weighted by molar-refractivity contribution is -0.306. The quantitative estimate of drug-likeness (QED) is 0.506. The fraction of sp³-hybridized carbons (Fsp3) is 0.714. The first-order valence-electron chi connectivity index (χ1n) is 9.82. The second kappa shape index (κ2) is 7.89. The molecule has 2 aliphatic rings. The Morgan fingerprint density at radius 2 is 1.68 bits per heavy atom. The Morgan fingerprint density at radius 3 is 2.32 bits per heavy atom. The molecule has 158 valence electrons. The van der Waals surface area contributed by atoms with Crippen molar-refractivity contribution in [2.75, 3.05) is 13.2 Å². The molecule has 5 N–H and O–H groups in total. The maximum absolute atomic E-state index is 10.3. The van der Waals surface area contributed by atoms with Crippen molar-refractivity contribution in [3.05, 3.63) is 27.8 Å². The van der Waals surface area contributed by atoms with Gasteiger partial charge in [-0.1, -0.05) is 6.92 Å². The third kappa shape index (κ3) is 3.67. The molecule has 28 heavy (non-hydrogen) atoms. The van der Waals surface area contributed by atoms with Gasteiger partial charge in [-0.2, -0.15) is 0 Å². The molecule has 3 rings (SSSR count). The van der Waals surface area contributed by atoms with Gasteiger partial charge in [0.15, 0.2) is 6.29 Å². The van der Waals surface area contributed by atoms with Gasteiger partial charge in [0.2, 0.25) is 0 Å². The molecule has 0 aromatic heterocycles. The molecule has 1 aromatic carbocycles. The average molecular weight is 396 g/mol. The smallest absolute Gasteiger partial charge is 0.186 e. The molecule has 0 saturated carbocycles. The summed E-state index contributed by atoms with van der Waals surface area (Å²) in [6.45, 7) is 7.83. The molecule has 0 radical (unpaired) electrons. The van der Waals surface area contributed by atoms with Gasteiger partial charge in [0.25, 0.3) is 0 Å². The topological polar surface area (TPSA) is 120 Å². The van der Waals surface area contributed by atoms with Crippen molar-refractivity contribution < 1.29 is 35.0 Å². The number of aliphatic hydroxyl groups is 4. The molecule has 1 aliphatic carbocycles. The summed E-state index contributed by atoms with van der Waals surface area (Å²) in [5.74, 6) is 0.373. The molecular formula is C21H32O7. The van der Waals surface area contributed by atoms with Gasteiger partial charge >= 0.3 is 0 Å². The van der Waals surface area contributed by atoms with E-state index in [9.17, 15) is 25.5 Å². The highest BCUT2D eigenvalue weighted by atomic mass is 16.7. The Balaban J connectivity index is 1.74. The van der Waals surface area contributed by atoms with Gasteiger partial charge in [0.05, 0.1) is 13.2 Å². The van der Waals surface area contributed by atoms with E-state index in [0.717, 1.165) is 36.0 Å². The predicted octanol–water partition coefficient (Wildman–Crippen LogP) is 0.629. The number of phenols is 1. The van der Waals surface area contributed by atoms with Crippen molar-refractivity contribution in [3.63, 3.8) is 0 Å². The Bertz CT molecular complexity index is 732. The van der Waals surface area contributed by atoms with Crippen LogP contribution in [0.15, 0.2) is 0 Å². The van der Waals surface area contributed by atoms with E-state index in [1.165, 1.54) is 11.1 Å². The normalized spacial score (nSPS) is 35.6. The number of ether oxygens (including phenoxy) is 2. The molecule has 7 nitrogen and oxygen atoms in total. The predicted molar refractivity (Wildman–Crippen MR) is 102 cm³/mol. The summed E-state index contributed by atoms with van der Waals surface area (Å²) in [7, 11) is 0. The summed E-state index contributed by atoms with van der Waals surface area (Å²) in [6.07, 6.45) is -3.86. The summed E-state index contributed by atoms with van der Waals surface area (Å²) >= 11 is 0. The molecule has 1 aliphatic heterocycles. The van der Waals surface area contributed by atoms with E-state index in [4.69, 9.17) is 9.47 Å². The zero-order valence-corrected chi connectivity index (χ0v) is 17.0. The summed E-state index contributed by atoms with van der Waals surface area (Å²) in [4.78, 5) is 0. The van der Waals surface area contributed by atoms with Crippen LogP contribution in [0.25, 0.3) is 0 Å². The van der Waals surface area contributed by atoms with Gasteiger partial charge in [-0.05, 0) is 73.3 Å². The van der Waals surface area contributed by atoms with Gasteiger partial charge in [-0.15, -0.1) is 0 Å². The number of rotatable bonds is 4. The number of hydrogen-bond donors (Lipinski definition) is 5. The number of hydrogen-bond acceptors (Lipinski definition) is 7. The van der Waals surface area contributed by atoms with Crippen molar-refractivity contribution in [2.24, 2.45) is 5.41 Å². The second-order valence-corrected chi connectivity index (χ2v) is 8.68. The van der Waals surface area contributed by atoms with E-state index in [1.54, 1.807) is 0 Å². The van der Waals surface area contributed by atoms with Gasteiger partial charge in [-0.25, -0.2) is 0 Å². The second-order valence-electron chi connectivity index (χ2n) is 8.68. The third-order valence-electron chi connectivity index (χ3n) is 6.57.